The van der Waals surface area contributed by atoms with Crippen molar-refractivity contribution in [3.05, 3.63) is 52.0 Å². The van der Waals surface area contributed by atoms with Crippen LogP contribution in [0.15, 0.2) is 30.3 Å². The predicted octanol–water partition coefficient (Wildman–Crippen LogP) is 4.27. The fourth-order valence-corrected chi connectivity index (χ4v) is 5.26. The number of amides is 1. The number of benzene rings is 2. The molecule has 0 aliphatic heterocycles. The van der Waals surface area contributed by atoms with Crippen LogP contribution in [-0.2, 0) is 27.7 Å². The van der Waals surface area contributed by atoms with E-state index in [4.69, 9.17) is 21.1 Å². The van der Waals surface area contributed by atoms with Crippen molar-refractivity contribution < 1.29 is 22.7 Å². The topological polar surface area (TPSA) is 84.9 Å². The zero-order valence-electron chi connectivity index (χ0n) is 19.5. The number of methoxy groups -OCH3 is 2. The number of sulfonamides is 1. The van der Waals surface area contributed by atoms with E-state index in [0.29, 0.717) is 6.42 Å². The van der Waals surface area contributed by atoms with Gasteiger partial charge in [-0.15, -0.1) is 0 Å². The van der Waals surface area contributed by atoms with Gasteiger partial charge < -0.3 is 14.8 Å². The number of rotatable bonds is 9. The first-order valence-electron chi connectivity index (χ1n) is 11.0. The molecule has 180 valence electrons. The van der Waals surface area contributed by atoms with Gasteiger partial charge in [0.05, 0.1) is 37.2 Å². The quantitative estimate of drug-likeness (QED) is 0.562. The number of anilines is 1. The maximum atomic E-state index is 13.0. The second kappa shape index (κ2) is 10.7. The van der Waals surface area contributed by atoms with E-state index in [0.717, 1.165) is 29.0 Å². The van der Waals surface area contributed by atoms with Crippen LogP contribution in [-0.4, -0.2) is 41.3 Å². The lowest BCUT2D eigenvalue weighted by Crippen LogP contribution is -2.41. The van der Waals surface area contributed by atoms with Crippen molar-refractivity contribution in [1.82, 2.24) is 5.32 Å². The van der Waals surface area contributed by atoms with Gasteiger partial charge in [0.25, 0.3) is 0 Å². The smallest absolute Gasteiger partial charge is 0.241 e. The highest BCUT2D eigenvalue weighted by molar-refractivity contribution is 7.92. The van der Waals surface area contributed by atoms with Gasteiger partial charge in [0.1, 0.15) is 18.0 Å². The second-order valence-electron chi connectivity index (χ2n) is 8.19. The minimum atomic E-state index is -3.81. The molecule has 1 atom stereocenters. The molecule has 3 rings (SSSR count). The summed E-state index contributed by atoms with van der Waals surface area (Å²) in [5, 5.41) is 3.27. The lowest BCUT2D eigenvalue weighted by Gasteiger charge is -2.26. The Morgan fingerprint density at radius 1 is 1.09 bits per heavy atom. The number of carbonyl (C=O) groups is 1. The first-order valence-corrected chi connectivity index (χ1v) is 13.2. The van der Waals surface area contributed by atoms with E-state index in [9.17, 15) is 13.2 Å². The first kappa shape index (κ1) is 25.2. The van der Waals surface area contributed by atoms with E-state index in [2.05, 4.69) is 23.5 Å². The third kappa shape index (κ3) is 5.92. The third-order valence-corrected chi connectivity index (χ3v) is 7.35. The lowest BCUT2D eigenvalue weighted by molar-refractivity contribution is -0.120. The molecule has 1 aliphatic rings. The Kier molecular flexibility index (Phi) is 8.13. The van der Waals surface area contributed by atoms with Crippen LogP contribution in [0.4, 0.5) is 5.69 Å². The molecule has 0 bridgehead atoms. The number of fused-ring (bicyclic) bond motifs is 1. The Bertz CT molecular complexity index is 1120. The number of hydrogen-bond donors (Lipinski definition) is 1. The number of halogens is 1. The number of hydrogen-bond acceptors (Lipinski definition) is 5. The van der Waals surface area contributed by atoms with Gasteiger partial charge in [0.2, 0.25) is 15.9 Å². The molecule has 0 aromatic heterocycles. The van der Waals surface area contributed by atoms with Crippen LogP contribution >= 0.6 is 11.6 Å². The number of nitrogens with zero attached hydrogens (tertiary/aromatic N) is 1. The van der Waals surface area contributed by atoms with Crippen molar-refractivity contribution >= 4 is 33.2 Å². The summed E-state index contributed by atoms with van der Waals surface area (Å²) in [6, 6.07) is 9.08. The molecular weight excluding hydrogens is 464 g/mol. The van der Waals surface area contributed by atoms with Crippen LogP contribution in [0.1, 0.15) is 48.9 Å². The number of aryl methyl sites for hydroxylation is 2. The molecule has 0 saturated carbocycles. The monoisotopic (exact) mass is 494 g/mol. The molecule has 9 heteroatoms. The van der Waals surface area contributed by atoms with Gasteiger partial charge in [0, 0.05) is 12.1 Å². The SMILES string of the molecule is CC[C@@H](NC(=O)CN(c1cc(OC)c(Cl)cc1OC)S(C)(=O)=O)c1ccc2c(c1)CCCC2. The molecule has 2 aromatic rings. The van der Waals surface area contributed by atoms with Gasteiger partial charge in [-0.1, -0.05) is 36.7 Å². The molecule has 33 heavy (non-hydrogen) atoms. The van der Waals surface area contributed by atoms with Crippen molar-refractivity contribution in [2.45, 2.75) is 45.1 Å². The number of carbonyl (C=O) groups excluding carboxylic acids is 1. The van der Waals surface area contributed by atoms with Crippen molar-refractivity contribution in [1.29, 1.82) is 0 Å². The Labute approximate surface area is 201 Å². The van der Waals surface area contributed by atoms with Gasteiger partial charge in [-0.3, -0.25) is 9.10 Å². The van der Waals surface area contributed by atoms with Crippen LogP contribution in [0, 0.1) is 0 Å². The summed E-state index contributed by atoms with van der Waals surface area (Å²) in [5.41, 5.74) is 3.92. The number of ether oxygens (including phenoxy) is 2. The van der Waals surface area contributed by atoms with Crippen molar-refractivity contribution in [2.24, 2.45) is 0 Å². The first-order chi connectivity index (χ1) is 15.7. The van der Waals surface area contributed by atoms with E-state index in [1.54, 1.807) is 0 Å². The molecule has 2 aromatic carbocycles. The van der Waals surface area contributed by atoms with Gasteiger partial charge in [0.15, 0.2) is 0 Å². The maximum absolute atomic E-state index is 13.0. The van der Waals surface area contributed by atoms with Gasteiger partial charge in [-0.25, -0.2) is 8.42 Å². The fourth-order valence-electron chi connectivity index (χ4n) is 4.18. The van der Waals surface area contributed by atoms with Crippen LogP contribution in [0.25, 0.3) is 0 Å². The van der Waals surface area contributed by atoms with Crippen LogP contribution in [0.2, 0.25) is 5.02 Å². The summed E-state index contributed by atoms with van der Waals surface area (Å²) in [5.74, 6) is 0.0868. The summed E-state index contributed by atoms with van der Waals surface area (Å²) in [7, 11) is -0.971. The zero-order chi connectivity index (χ0) is 24.2. The largest absolute Gasteiger partial charge is 0.495 e. The Balaban J connectivity index is 1.85. The third-order valence-electron chi connectivity index (χ3n) is 5.93. The van der Waals surface area contributed by atoms with Gasteiger partial charge >= 0.3 is 0 Å². The van der Waals surface area contributed by atoms with E-state index >= 15 is 0 Å². The van der Waals surface area contributed by atoms with Crippen molar-refractivity contribution in [3.8, 4) is 11.5 Å². The Hall–Kier alpha value is -2.45. The normalized spacial score (nSPS) is 14.2. The predicted molar refractivity (Wildman–Crippen MR) is 131 cm³/mol. The lowest BCUT2D eigenvalue weighted by atomic mass is 9.89. The zero-order valence-corrected chi connectivity index (χ0v) is 21.1. The van der Waals surface area contributed by atoms with Crippen molar-refractivity contribution in [2.75, 3.05) is 31.3 Å². The summed E-state index contributed by atoms with van der Waals surface area (Å²) < 4.78 is 36.8. The standard InChI is InChI=1S/C24H31ClN2O5S/c1-5-20(18-11-10-16-8-6-7-9-17(16)12-18)26-24(28)15-27(33(4,29)30)21-14-22(31-2)19(25)13-23(21)32-3/h10-14,20H,5-9,15H2,1-4H3,(H,26,28)/t20-/m1/s1. The molecule has 0 spiro atoms. The highest BCUT2D eigenvalue weighted by Crippen LogP contribution is 2.39. The molecule has 1 amide bonds. The molecule has 0 saturated heterocycles. The molecule has 7 nitrogen and oxygen atoms in total. The van der Waals surface area contributed by atoms with E-state index < -0.39 is 22.5 Å². The Morgan fingerprint density at radius 2 is 1.76 bits per heavy atom. The van der Waals surface area contributed by atoms with E-state index in [1.807, 2.05) is 6.92 Å². The molecular formula is C24H31ClN2O5S. The molecule has 0 unspecified atom stereocenters. The molecule has 0 radical (unpaired) electrons. The van der Waals surface area contributed by atoms with Crippen LogP contribution in [0.3, 0.4) is 0 Å². The summed E-state index contributed by atoms with van der Waals surface area (Å²) in [4.78, 5) is 13.0. The maximum Gasteiger partial charge on any atom is 0.241 e. The minimum absolute atomic E-state index is 0.179. The highest BCUT2D eigenvalue weighted by Gasteiger charge is 2.27. The summed E-state index contributed by atoms with van der Waals surface area (Å²) in [6.07, 6.45) is 6.25. The average Bonchev–Trinajstić information content (AvgIpc) is 2.80. The summed E-state index contributed by atoms with van der Waals surface area (Å²) >= 11 is 6.16. The average molecular weight is 495 g/mol. The molecule has 1 N–H and O–H groups in total. The Morgan fingerprint density at radius 3 is 2.36 bits per heavy atom. The van der Waals surface area contributed by atoms with Gasteiger partial charge in [-0.05, 0) is 48.8 Å². The molecule has 0 heterocycles. The van der Waals surface area contributed by atoms with Crippen LogP contribution < -0.4 is 19.1 Å². The minimum Gasteiger partial charge on any atom is -0.495 e. The fraction of sp³-hybridized carbons (Fsp3) is 0.458. The number of nitrogens with one attached hydrogen (secondary N) is 1. The van der Waals surface area contributed by atoms with Crippen LogP contribution in [0.5, 0.6) is 11.5 Å². The molecule has 1 aliphatic carbocycles. The van der Waals surface area contributed by atoms with E-state index in [1.165, 1.54) is 50.3 Å². The van der Waals surface area contributed by atoms with Gasteiger partial charge in [-0.2, -0.15) is 0 Å². The van der Waals surface area contributed by atoms with E-state index in [-0.39, 0.29) is 28.3 Å². The highest BCUT2D eigenvalue weighted by atomic mass is 35.5. The molecule has 0 fully saturated rings. The van der Waals surface area contributed by atoms with Crippen molar-refractivity contribution in [3.63, 3.8) is 0 Å². The summed E-state index contributed by atoms with van der Waals surface area (Å²) in [6.45, 7) is 1.59. The second-order valence-corrected chi connectivity index (χ2v) is 10.5.